The van der Waals surface area contributed by atoms with Crippen LogP contribution in [0.4, 0.5) is 0 Å². The summed E-state index contributed by atoms with van der Waals surface area (Å²) in [6, 6.07) is 5.47. The molecule has 5 heteroatoms. The van der Waals surface area contributed by atoms with Gasteiger partial charge in [-0.2, -0.15) is 0 Å². The number of rotatable bonds is 11. The Bertz CT molecular complexity index is 514. The van der Waals surface area contributed by atoms with Crippen molar-refractivity contribution in [2.75, 3.05) is 14.2 Å². The maximum atomic E-state index is 11.3. The van der Waals surface area contributed by atoms with Crippen molar-refractivity contribution in [2.45, 2.75) is 52.1 Å². The van der Waals surface area contributed by atoms with Crippen LogP contribution in [-0.4, -0.2) is 32.3 Å². The molecule has 1 atom stereocenters. The molecule has 0 N–H and O–H groups in total. The van der Waals surface area contributed by atoms with Crippen LogP contribution in [0, 0.1) is 0 Å². The third-order valence-corrected chi connectivity index (χ3v) is 3.49. The fourth-order valence-corrected chi connectivity index (χ4v) is 2.23. The van der Waals surface area contributed by atoms with Crippen LogP contribution < -0.4 is 9.47 Å². The number of oxime groups is 1. The van der Waals surface area contributed by atoms with E-state index in [2.05, 4.69) is 12.1 Å². The molecular formula is C18H27NO4. The zero-order valence-corrected chi connectivity index (χ0v) is 14.5. The van der Waals surface area contributed by atoms with Crippen LogP contribution in [0.3, 0.4) is 0 Å². The summed E-state index contributed by atoms with van der Waals surface area (Å²) < 4.78 is 10.5. The molecule has 0 radical (unpaired) electrons. The molecule has 0 amide bonds. The van der Waals surface area contributed by atoms with Gasteiger partial charge >= 0.3 is 0 Å². The highest BCUT2D eigenvalue weighted by molar-refractivity contribution is 5.83. The lowest BCUT2D eigenvalue weighted by Crippen LogP contribution is -2.14. The van der Waals surface area contributed by atoms with Crippen molar-refractivity contribution in [2.24, 2.45) is 5.16 Å². The highest BCUT2D eigenvalue weighted by Crippen LogP contribution is 2.23. The maximum Gasteiger partial charge on any atom is 0.134 e. The fourth-order valence-electron chi connectivity index (χ4n) is 2.23. The van der Waals surface area contributed by atoms with Gasteiger partial charge in [-0.1, -0.05) is 24.9 Å². The summed E-state index contributed by atoms with van der Waals surface area (Å²) in [5.41, 5.74) is 0.795. The first kappa shape index (κ1) is 19.0. The van der Waals surface area contributed by atoms with Gasteiger partial charge in [0.05, 0.1) is 20.4 Å². The van der Waals surface area contributed by atoms with E-state index in [4.69, 9.17) is 14.3 Å². The van der Waals surface area contributed by atoms with E-state index in [1.54, 1.807) is 33.4 Å². The van der Waals surface area contributed by atoms with E-state index in [9.17, 15) is 4.79 Å². The monoisotopic (exact) mass is 321 g/mol. The largest absolute Gasteiger partial charge is 0.497 e. The minimum Gasteiger partial charge on any atom is -0.497 e. The number of carbonyl (C=O) groups excluding carboxylic acids is 1. The molecule has 0 bridgehead atoms. The normalized spacial score (nSPS) is 12.2. The molecule has 0 aliphatic heterocycles. The number of unbranched alkanes of at least 4 members (excludes halogenated alkanes) is 2. The molecule has 0 heterocycles. The first-order valence-corrected chi connectivity index (χ1v) is 8.01. The summed E-state index contributed by atoms with van der Waals surface area (Å²) in [6.07, 6.45) is 5.97. The summed E-state index contributed by atoms with van der Waals surface area (Å²) in [5.74, 6) is 1.49. The van der Waals surface area contributed by atoms with Crippen LogP contribution in [0.25, 0.3) is 0 Å². The standard InChI is InChI=1S/C18H27NO4/c1-5-6-7-8-17(11-14(2)20)23-19-13-15-9-10-16(21-3)12-18(15)22-4/h9-10,12-13,17H,5-8,11H2,1-4H3/b19-13+/t17-/m1/s1. The fraction of sp³-hybridized carbons (Fsp3) is 0.556. The predicted octanol–water partition coefficient (Wildman–Crippen LogP) is 3.98. The molecular weight excluding hydrogens is 294 g/mol. The average Bonchev–Trinajstić information content (AvgIpc) is 2.54. The Morgan fingerprint density at radius 1 is 1.26 bits per heavy atom. The van der Waals surface area contributed by atoms with Crippen molar-refractivity contribution < 1.29 is 19.1 Å². The summed E-state index contributed by atoms with van der Waals surface area (Å²) in [4.78, 5) is 16.8. The Hall–Kier alpha value is -2.04. The number of hydrogen-bond donors (Lipinski definition) is 0. The van der Waals surface area contributed by atoms with Crippen LogP contribution in [0.2, 0.25) is 0 Å². The number of ether oxygens (including phenoxy) is 2. The first-order chi connectivity index (χ1) is 11.1. The Morgan fingerprint density at radius 2 is 2.04 bits per heavy atom. The smallest absolute Gasteiger partial charge is 0.134 e. The lowest BCUT2D eigenvalue weighted by molar-refractivity contribution is -0.120. The Morgan fingerprint density at radius 3 is 2.65 bits per heavy atom. The van der Waals surface area contributed by atoms with Gasteiger partial charge in [-0.05, 0) is 31.9 Å². The highest BCUT2D eigenvalue weighted by Gasteiger charge is 2.12. The number of hydrogen-bond acceptors (Lipinski definition) is 5. The number of Topliss-reactive ketones (excluding diaryl/α,β-unsaturated/α-hetero) is 1. The van der Waals surface area contributed by atoms with E-state index in [0.29, 0.717) is 17.9 Å². The predicted molar refractivity (Wildman–Crippen MR) is 91.5 cm³/mol. The molecule has 128 valence electrons. The molecule has 0 aliphatic carbocycles. The van der Waals surface area contributed by atoms with Crippen LogP contribution in [-0.2, 0) is 9.63 Å². The molecule has 5 nitrogen and oxygen atoms in total. The molecule has 1 aromatic carbocycles. The topological polar surface area (TPSA) is 57.1 Å². The van der Waals surface area contributed by atoms with E-state index in [-0.39, 0.29) is 11.9 Å². The van der Waals surface area contributed by atoms with Crippen LogP contribution >= 0.6 is 0 Å². The zero-order chi connectivity index (χ0) is 17.1. The number of carbonyl (C=O) groups is 1. The van der Waals surface area contributed by atoms with Crippen molar-refractivity contribution in [3.63, 3.8) is 0 Å². The molecule has 0 spiro atoms. The SMILES string of the molecule is CCCCC[C@H](CC(C)=O)O/N=C/c1ccc(OC)cc1OC. The van der Waals surface area contributed by atoms with E-state index in [0.717, 1.165) is 31.2 Å². The first-order valence-electron chi connectivity index (χ1n) is 8.01. The molecule has 0 saturated carbocycles. The van der Waals surface area contributed by atoms with Crippen molar-refractivity contribution in [1.82, 2.24) is 0 Å². The summed E-state index contributed by atoms with van der Waals surface area (Å²) in [6.45, 7) is 3.72. The van der Waals surface area contributed by atoms with E-state index >= 15 is 0 Å². The molecule has 23 heavy (non-hydrogen) atoms. The van der Waals surface area contributed by atoms with Crippen LogP contribution in [0.1, 0.15) is 51.5 Å². The molecule has 0 unspecified atom stereocenters. The van der Waals surface area contributed by atoms with Gasteiger partial charge < -0.3 is 14.3 Å². The summed E-state index contributed by atoms with van der Waals surface area (Å²) in [5, 5.41) is 4.04. The lowest BCUT2D eigenvalue weighted by Gasteiger charge is -2.13. The minimum absolute atomic E-state index is 0.115. The molecule has 0 aliphatic rings. The van der Waals surface area contributed by atoms with E-state index in [1.165, 1.54) is 0 Å². The second-order valence-corrected chi connectivity index (χ2v) is 5.47. The number of ketones is 1. The second kappa shape index (κ2) is 10.6. The van der Waals surface area contributed by atoms with Crippen molar-refractivity contribution in [3.05, 3.63) is 23.8 Å². The molecule has 0 saturated heterocycles. The van der Waals surface area contributed by atoms with Crippen molar-refractivity contribution in [1.29, 1.82) is 0 Å². The van der Waals surface area contributed by atoms with Gasteiger partial charge in [0.2, 0.25) is 0 Å². The Kier molecular flexibility index (Phi) is 8.80. The molecule has 1 aromatic rings. The van der Waals surface area contributed by atoms with Crippen LogP contribution in [0.5, 0.6) is 11.5 Å². The molecule has 0 aromatic heterocycles. The van der Waals surface area contributed by atoms with Gasteiger partial charge in [-0.15, -0.1) is 0 Å². The number of nitrogens with zero attached hydrogens (tertiary/aromatic N) is 1. The number of benzene rings is 1. The van der Waals surface area contributed by atoms with Crippen LogP contribution in [0.15, 0.2) is 23.4 Å². The third-order valence-electron chi connectivity index (χ3n) is 3.49. The van der Waals surface area contributed by atoms with Gasteiger partial charge in [0.1, 0.15) is 23.4 Å². The summed E-state index contributed by atoms with van der Waals surface area (Å²) in [7, 11) is 3.20. The third kappa shape index (κ3) is 7.17. The summed E-state index contributed by atoms with van der Waals surface area (Å²) >= 11 is 0. The Labute approximate surface area is 138 Å². The van der Waals surface area contributed by atoms with E-state index in [1.807, 2.05) is 12.1 Å². The molecule has 0 fully saturated rings. The van der Waals surface area contributed by atoms with E-state index < -0.39 is 0 Å². The second-order valence-electron chi connectivity index (χ2n) is 5.47. The van der Waals surface area contributed by atoms with Crippen molar-refractivity contribution in [3.8, 4) is 11.5 Å². The lowest BCUT2D eigenvalue weighted by atomic mass is 10.1. The van der Waals surface area contributed by atoms with Gasteiger partial charge in [0, 0.05) is 18.1 Å². The van der Waals surface area contributed by atoms with Gasteiger partial charge in [0.15, 0.2) is 0 Å². The maximum absolute atomic E-state index is 11.3. The van der Waals surface area contributed by atoms with Gasteiger partial charge in [-0.25, -0.2) is 0 Å². The Balaban J connectivity index is 2.67. The quantitative estimate of drug-likeness (QED) is 0.351. The average molecular weight is 321 g/mol. The molecule has 1 rings (SSSR count). The minimum atomic E-state index is -0.167. The highest BCUT2D eigenvalue weighted by atomic mass is 16.6. The zero-order valence-electron chi connectivity index (χ0n) is 14.5. The van der Waals surface area contributed by atoms with Gasteiger partial charge in [0.25, 0.3) is 0 Å². The van der Waals surface area contributed by atoms with Crippen molar-refractivity contribution >= 4 is 12.0 Å². The van der Waals surface area contributed by atoms with Gasteiger partial charge in [-0.3, -0.25) is 4.79 Å². The number of methoxy groups -OCH3 is 2.